The summed E-state index contributed by atoms with van der Waals surface area (Å²) in [7, 11) is 2.01. The molecule has 1 fully saturated rings. The minimum absolute atomic E-state index is 0.453. The van der Waals surface area contributed by atoms with Crippen molar-refractivity contribution in [3.05, 3.63) is 24.3 Å². The van der Waals surface area contributed by atoms with E-state index in [0.717, 1.165) is 19.6 Å². The Labute approximate surface area is 118 Å². The van der Waals surface area contributed by atoms with Crippen LogP contribution < -0.4 is 5.32 Å². The van der Waals surface area contributed by atoms with Gasteiger partial charge in [-0.3, -0.25) is 4.90 Å². The number of nitrogens with zero attached hydrogens (tertiary/aromatic N) is 3. The second kappa shape index (κ2) is 6.19. The summed E-state index contributed by atoms with van der Waals surface area (Å²) >= 11 is 0. The average Bonchev–Trinajstić information content (AvgIpc) is 3.10. The van der Waals surface area contributed by atoms with Crippen molar-refractivity contribution in [2.24, 2.45) is 5.92 Å². The van der Waals surface area contributed by atoms with Crippen LogP contribution in [0.1, 0.15) is 18.7 Å². The highest BCUT2D eigenvalue weighted by molar-refractivity contribution is 5.42. The molecule has 0 amide bonds. The van der Waals surface area contributed by atoms with Gasteiger partial charge in [0.15, 0.2) is 5.76 Å². The molecule has 6 heteroatoms. The Kier molecular flexibility index (Phi) is 4.13. The number of aromatic nitrogens is 2. The van der Waals surface area contributed by atoms with Gasteiger partial charge >= 0.3 is 0 Å². The maximum absolute atomic E-state index is 5.65. The summed E-state index contributed by atoms with van der Waals surface area (Å²) in [4.78, 5) is 2.38. The number of hydrogen-bond acceptors (Lipinski definition) is 6. The van der Waals surface area contributed by atoms with Gasteiger partial charge in [-0.2, -0.15) is 0 Å². The van der Waals surface area contributed by atoms with Gasteiger partial charge in [0.1, 0.15) is 0 Å². The van der Waals surface area contributed by atoms with E-state index in [4.69, 9.17) is 8.83 Å². The van der Waals surface area contributed by atoms with E-state index in [1.54, 1.807) is 6.26 Å². The van der Waals surface area contributed by atoms with Crippen LogP contribution in [0.4, 0.5) is 0 Å². The Balaban J connectivity index is 1.60. The van der Waals surface area contributed by atoms with E-state index in [1.807, 2.05) is 19.2 Å². The summed E-state index contributed by atoms with van der Waals surface area (Å²) in [6.45, 7) is 3.96. The summed E-state index contributed by atoms with van der Waals surface area (Å²) in [5.74, 6) is 2.44. The Morgan fingerprint density at radius 1 is 1.45 bits per heavy atom. The van der Waals surface area contributed by atoms with Crippen LogP contribution in [0.25, 0.3) is 11.7 Å². The lowest BCUT2D eigenvalue weighted by atomic mass is 9.98. The first-order valence-corrected chi connectivity index (χ1v) is 7.08. The van der Waals surface area contributed by atoms with Gasteiger partial charge in [0.2, 0.25) is 5.89 Å². The van der Waals surface area contributed by atoms with Crippen LogP contribution in [0.15, 0.2) is 27.2 Å². The zero-order chi connectivity index (χ0) is 13.8. The van der Waals surface area contributed by atoms with E-state index in [9.17, 15) is 0 Å². The second-order valence-electron chi connectivity index (χ2n) is 5.28. The largest absolute Gasteiger partial charge is 0.459 e. The maximum Gasteiger partial charge on any atom is 0.283 e. The van der Waals surface area contributed by atoms with Crippen molar-refractivity contribution in [1.29, 1.82) is 0 Å². The molecule has 6 nitrogen and oxygen atoms in total. The molecule has 2 aromatic rings. The fourth-order valence-electron chi connectivity index (χ4n) is 2.76. The van der Waals surface area contributed by atoms with Crippen LogP contribution in [0.5, 0.6) is 0 Å². The molecule has 0 radical (unpaired) electrons. The fourth-order valence-corrected chi connectivity index (χ4v) is 2.76. The van der Waals surface area contributed by atoms with Crippen molar-refractivity contribution in [3.8, 4) is 11.7 Å². The molecule has 1 aliphatic rings. The normalized spacial score (nSPS) is 20.4. The van der Waals surface area contributed by atoms with Gasteiger partial charge < -0.3 is 14.2 Å². The first kappa shape index (κ1) is 13.3. The SMILES string of the molecule is CNCC1CCCN(Cc2nnc(-c3ccco3)o2)C1. The molecule has 1 atom stereocenters. The van der Waals surface area contributed by atoms with Gasteiger partial charge in [-0.05, 0) is 51.0 Å². The summed E-state index contributed by atoms with van der Waals surface area (Å²) in [6, 6.07) is 3.63. The van der Waals surface area contributed by atoms with Crippen LogP contribution in [-0.2, 0) is 6.54 Å². The minimum Gasteiger partial charge on any atom is -0.459 e. The van der Waals surface area contributed by atoms with Gasteiger partial charge in [0, 0.05) is 6.54 Å². The predicted molar refractivity (Wildman–Crippen MR) is 73.9 cm³/mol. The first-order valence-electron chi connectivity index (χ1n) is 7.08. The van der Waals surface area contributed by atoms with E-state index < -0.39 is 0 Å². The minimum atomic E-state index is 0.453. The molecule has 1 aliphatic heterocycles. The number of piperidine rings is 1. The van der Waals surface area contributed by atoms with Crippen molar-refractivity contribution in [2.45, 2.75) is 19.4 Å². The molecule has 20 heavy (non-hydrogen) atoms. The first-order chi connectivity index (χ1) is 9.85. The monoisotopic (exact) mass is 276 g/mol. The maximum atomic E-state index is 5.65. The van der Waals surface area contributed by atoms with E-state index in [-0.39, 0.29) is 0 Å². The predicted octanol–water partition coefficient (Wildman–Crippen LogP) is 1.76. The zero-order valence-electron chi connectivity index (χ0n) is 11.7. The molecule has 0 saturated carbocycles. The summed E-state index contributed by atoms with van der Waals surface area (Å²) < 4.78 is 10.9. The van der Waals surface area contributed by atoms with Crippen LogP contribution in [0.3, 0.4) is 0 Å². The summed E-state index contributed by atoms with van der Waals surface area (Å²) in [5, 5.41) is 11.4. The van der Waals surface area contributed by atoms with Crippen LogP contribution in [0.2, 0.25) is 0 Å². The quantitative estimate of drug-likeness (QED) is 0.897. The van der Waals surface area contributed by atoms with Crippen LogP contribution >= 0.6 is 0 Å². The Morgan fingerprint density at radius 2 is 2.40 bits per heavy atom. The van der Waals surface area contributed by atoms with Crippen molar-refractivity contribution >= 4 is 0 Å². The van der Waals surface area contributed by atoms with E-state index in [0.29, 0.717) is 30.0 Å². The summed E-state index contributed by atoms with van der Waals surface area (Å²) in [6.07, 6.45) is 4.12. The third-order valence-electron chi connectivity index (χ3n) is 3.65. The Hall–Kier alpha value is -1.66. The molecule has 1 N–H and O–H groups in total. The molecule has 1 saturated heterocycles. The highest BCUT2D eigenvalue weighted by atomic mass is 16.4. The number of nitrogens with one attached hydrogen (secondary N) is 1. The number of hydrogen-bond donors (Lipinski definition) is 1. The van der Waals surface area contributed by atoms with Crippen LogP contribution in [0, 0.1) is 5.92 Å². The molecule has 3 rings (SSSR count). The number of rotatable bonds is 5. The third-order valence-corrected chi connectivity index (χ3v) is 3.65. The highest BCUT2D eigenvalue weighted by Crippen LogP contribution is 2.21. The molecular formula is C14H20N4O2. The van der Waals surface area contributed by atoms with Gasteiger partial charge in [-0.15, -0.1) is 10.2 Å². The van der Waals surface area contributed by atoms with Gasteiger partial charge in [-0.1, -0.05) is 0 Å². The molecule has 3 heterocycles. The van der Waals surface area contributed by atoms with Crippen molar-refractivity contribution < 1.29 is 8.83 Å². The number of likely N-dealkylation sites (tertiary alicyclic amines) is 1. The lowest BCUT2D eigenvalue weighted by Crippen LogP contribution is -2.38. The lowest BCUT2D eigenvalue weighted by molar-refractivity contribution is 0.154. The molecule has 1 unspecified atom stereocenters. The Bertz CT molecular complexity index is 521. The topological polar surface area (TPSA) is 67.3 Å². The fraction of sp³-hybridized carbons (Fsp3) is 0.571. The standard InChI is InChI=1S/C14H20N4O2/c1-15-8-11-4-2-6-18(9-11)10-13-16-17-14(20-13)12-5-3-7-19-12/h3,5,7,11,15H,2,4,6,8-10H2,1H3. The molecule has 2 aromatic heterocycles. The molecule has 0 aliphatic carbocycles. The summed E-state index contributed by atoms with van der Waals surface area (Å²) in [5.41, 5.74) is 0. The van der Waals surface area contributed by atoms with Gasteiger partial charge in [0.05, 0.1) is 12.8 Å². The van der Waals surface area contributed by atoms with E-state index >= 15 is 0 Å². The van der Waals surface area contributed by atoms with Crippen molar-refractivity contribution in [3.63, 3.8) is 0 Å². The molecule has 108 valence electrons. The number of furan rings is 1. The van der Waals surface area contributed by atoms with Gasteiger partial charge in [-0.25, -0.2) is 0 Å². The molecular weight excluding hydrogens is 256 g/mol. The molecule has 0 bridgehead atoms. The second-order valence-corrected chi connectivity index (χ2v) is 5.28. The smallest absolute Gasteiger partial charge is 0.283 e. The molecule has 0 aromatic carbocycles. The van der Waals surface area contributed by atoms with E-state index in [1.165, 1.54) is 12.8 Å². The van der Waals surface area contributed by atoms with Crippen molar-refractivity contribution in [1.82, 2.24) is 20.4 Å². The highest BCUT2D eigenvalue weighted by Gasteiger charge is 2.21. The van der Waals surface area contributed by atoms with E-state index in [2.05, 4.69) is 20.4 Å². The molecule has 0 spiro atoms. The average molecular weight is 276 g/mol. The van der Waals surface area contributed by atoms with Gasteiger partial charge in [0.25, 0.3) is 5.89 Å². The lowest BCUT2D eigenvalue weighted by Gasteiger charge is -2.31. The third kappa shape index (κ3) is 3.08. The van der Waals surface area contributed by atoms with Crippen LogP contribution in [-0.4, -0.2) is 41.8 Å². The Morgan fingerprint density at radius 3 is 3.20 bits per heavy atom. The zero-order valence-corrected chi connectivity index (χ0v) is 11.7. The van der Waals surface area contributed by atoms with Crippen molar-refractivity contribution in [2.75, 3.05) is 26.7 Å².